The van der Waals surface area contributed by atoms with Crippen LogP contribution in [0.3, 0.4) is 0 Å². The van der Waals surface area contributed by atoms with Crippen LogP contribution in [0.25, 0.3) is 0 Å². The zero-order valence-corrected chi connectivity index (χ0v) is 25.9. The summed E-state index contributed by atoms with van der Waals surface area (Å²) >= 11 is 0. The van der Waals surface area contributed by atoms with Crippen molar-refractivity contribution in [2.75, 3.05) is 31.5 Å². The van der Waals surface area contributed by atoms with E-state index >= 15 is 0 Å². The molecule has 1 aromatic carbocycles. The molecule has 8 heteroatoms. The average molecular weight is 579 g/mol. The number of anilines is 1. The van der Waals surface area contributed by atoms with Gasteiger partial charge in [-0.2, -0.15) is 0 Å². The molecule has 1 aliphatic carbocycles. The molecule has 5 rings (SSSR count). The summed E-state index contributed by atoms with van der Waals surface area (Å²) in [6, 6.07) is 7.22. The van der Waals surface area contributed by atoms with Gasteiger partial charge in [0.05, 0.1) is 17.9 Å². The van der Waals surface area contributed by atoms with Gasteiger partial charge in [0, 0.05) is 18.3 Å². The van der Waals surface area contributed by atoms with E-state index in [-0.39, 0.29) is 23.8 Å². The van der Waals surface area contributed by atoms with E-state index in [1.54, 1.807) is 4.90 Å². The molecule has 2 bridgehead atoms. The third kappa shape index (κ3) is 6.02. The van der Waals surface area contributed by atoms with Crippen LogP contribution in [-0.2, 0) is 19.1 Å². The molecule has 0 aromatic heterocycles. The highest BCUT2D eigenvalue weighted by Gasteiger charge is 2.72. The Kier molecular flexibility index (Phi) is 9.73. The third-order valence-electron chi connectivity index (χ3n) is 9.67. The maximum Gasteiger partial charge on any atom is 0.246 e. The Balaban J connectivity index is 1.37. The second kappa shape index (κ2) is 13.3. The van der Waals surface area contributed by atoms with Crippen molar-refractivity contribution >= 4 is 23.4 Å². The lowest BCUT2D eigenvalue weighted by atomic mass is 9.74. The van der Waals surface area contributed by atoms with Gasteiger partial charge in [0.15, 0.2) is 0 Å². The molecule has 2 N–H and O–H groups in total. The largest absolute Gasteiger partial charge is 0.359 e. The number of carbonyl (C=O) groups excluding carboxylic acids is 3. The van der Waals surface area contributed by atoms with Crippen LogP contribution < -0.4 is 10.6 Å². The van der Waals surface area contributed by atoms with Crippen molar-refractivity contribution in [3.8, 4) is 0 Å². The maximum absolute atomic E-state index is 14.2. The lowest BCUT2D eigenvalue weighted by Crippen LogP contribution is -2.56. The van der Waals surface area contributed by atoms with Crippen LogP contribution in [-0.4, -0.2) is 77.5 Å². The summed E-state index contributed by atoms with van der Waals surface area (Å²) in [5, 5.41) is 6.33. The van der Waals surface area contributed by atoms with Crippen LogP contribution in [0.15, 0.2) is 36.4 Å². The Labute approximate surface area is 251 Å². The van der Waals surface area contributed by atoms with Crippen molar-refractivity contribution < 1.29 is 19.1 Å². The Bertz CT molecular complexity index is 1140. The van der Waals surface area contributed by atoms with E-state index in [2.05, 4.69) is 43.2 Å². The first kappa shape index (κ1) is 30.7. The third-order valence-corrected chi connectivity index (χ3v) is 9.67. The lowest BCUT2D eigenvalue weighted by molar-refractivity contribution is -0.141. The fraction of sp³-hybridized carbons (Fsp3) is 0.676. The maximum atomic E-state index is 14.2. The van der Waals surface area contributed by atoms with Crippen LogP contribution in [0, 0.1) is 11.8 Å². The Morgan fingerprint density at radius 3 is 2.36 bits per heavy atom. The van der Waals surface area contributed by atoms with E-state index in [9.17, 15) is 14.4 Å². The highest BCUT2D eigenvalue weighted by Crippen LogP contribution is 2.55. The molecule has 42 heavy (non-hydrogen) atoms. The fourth-order valence-corrected chi connectivity index (χ4v) is 7.64. The van der Waals surface area contributed by atoms with Crippen LogP contribution in [0.2, 0.25) is 0 Å². The smallest absolute Gasteiger partial charge is 0.246 e. The minimum atomic E-state index is -1.11. The molecule has 5 atom stereocenters. The number of rotatable bonds is 13. The number of amides is 3. The van der Waals surface area contributed by atoms with Crippen molar-refractivity contribution in [3.05, 3.63) is 42.0 Å². The summed E-state index contributed by atoms with van der Waals surface area (Å²) in [6.45, 7) is 12.0. The van der Waals surface area contributed by atoms with Crippen molar-refractivity contribution in [1.82, 2.24) is 15.1 Å². The van der Waals surface area contributed by atoms with Crippen LogP contribution >= 0.6 is 0 Å². The minimum absolute atomic E-state index is 0.124. The van der Waals surface area contributed by atoms with Crippen LogP contribution in [0.4, 0.5) is 5.69 Å². The van der Waals surface area contributed by atoms with Gasteiger partial charge in [0.1, 0.15) is 11.6 Å². The van der Waals surface area contributed by atoms with Gasteiger partial charge in [-0.05, 0) is 75.4 Å². The van der Waals surface area contributed by atoms with Gasteiger partial charge in [-0.25, -0.2) is 0 Å². The van der Waals surface area contributed by atoms with Crippen molar-refractivity contribution in [1.29, 1.82) is 0 Å². The van der Waals surface area contributed by atoms with E-state index in [1.165, 1.54) is 12.0 Å². The SMILES string of the molecule is CCCN(CCC)CCCN1C(=O)[C@H]2[C@@H](C(=O)Nc3ccc(C(C)C)cc3)[C@H]3C=C[C@@]2(O3)[C@@H]1C(=O)NC1CCCCC1. The van der Waals surface area contributed by atoms with Crippen molar-refractivity contribution in [2.24, 2.45) is 11.8 Å². The monoisotopic (exact) mass is 578 g/mol. The van der Waals surface area contributed by atoms with Crippen LogP contribution in [0.1, 0.15) is 90.5 Å². The van der Waals surface area contributed by atoms with E-state index in [0.717, 1.165) is 64.6 Å². The van der Waals surface area contributed by atoms with E-state index < -0.39 is 29.6 Å². The lowest BCUT2D eigenvalue weighted by Gasteiger charge is -2.34. The molecule has 1 aromatic rings. The topological polar surface area (TPSA) is 91.0 Å². The highest BCUT2D eigenvalue weighted by atomic mass is 16.5. The molecule has 230 valence electrons. The quantitative estimate of drug-likeness (QED) is 0.326. The summed E-state index contributed by atoms with van der Waals surface area (Å²) < 4.78 is 6.53. The summed E-state index contributed by atoms with van der Waals surface area (Å²) in [4.78, 5) is 46.2. The minimum Gasteiger partial charge on any atom is -0.359 e. The molecule has 2 saturated heterocycles. The standard InChI is InChI=1S/C34H50N4O4/c1-5-19-37(20-6-2)21-10-22-38-30(32(40)36-25-11-8-7-9-12-25)34-18-17-27(42-34)28(29(34)33(38)41)31(39)35-26-15-13-24(14-16-26)23(3)4/h13-18,23,25,27-30H,5-12,19-22H2,1-4H3,(H,35,39)(H,36,40)/t27-,28+,29-,30+,34+/m1/s1. The summed E-state index contributed by atoms with van der Waals surface area (Å²) in [5.74, 6) is -1.52. The zero-order chi connectivity index (χ0) is 29.9. The number of hydrogen-bond acceptors (Lipinski definition) is 5. The Hall–Kier alpha value is -2.71. The van der Waals surface area contributed by atoms with Crippen LogP contribution in [0.5, 0.6) is 0 Å². The second-order valence-corrected chi connectivity index (χ2v) is 13.0. The molecule has 4 aliphatic rings. The first-order valence-electron chi connectivity index (χ1n) is 16.4. The second-order valence-electron chi connectivity index (χ2n) is 13.0. The van der Waals surface area contributed by atoms with Gasteiger partial charge in [0.25, 0.3) is 0 Å². The number of likely N-dealkylation sites (tertiary alicyclic amines) is 1. The zero-order valence-electron chi connectivity index (χ0n) is 25.9. The number of fused-ring (bicyclic) bond motifs is 1. The summed E-state index contributed by atoms with van der Waals surface area (Å²) in [5.41, 5.74) is 0.783. The van der Waals surface area contributed by atoms with Gasteiger partial charge in [0.2, 0.25) is 17.7 Å². The predicted octanol–water partition coefficient (Wildman–Crippen LogP) is 4.86. The number of hydrogen-bond donors (Lipinski definition) is 2. The van der Waals surface area contributed by atoms with Gasteiger partial charge < -0.3 is 25.2 Å². The Morgan fingerprint density at radius 1 is 1.02 bits per heavy atom. The van der Waals surface area contributed by atoms with Crippen molar-refractivity contribution in [3.63, 3.8) is 0 Å². The number of carbonyl (C=O) groups is 3. The number of nitrogens with one attached hydrogen (secondary N) is 2. The van der Waals surface area contributed by atoms with E-state index in [0.29, 0.717) is 18.2 Å². The summed E-state index contributed by atoms with van der Waals surface area (Å²) in [6.07, 6.45) is 11.6. The molecule has 3 aliphatic heterocycles. The molecular weight excluding hydrogens is 528 g/mol. The van der Waals surface area contributed by atoms with E-state index in [1.807, 2.05) is 36.4 Å². The first-order chi connectivity index (χ1) is 20.3. The molecule has 3 amide bonds. The average Bonchev–Trinajstić information content (AvgIpc) is 3.61. The molecule has 0 radical (unpaired) electrons. The highest BCUT2D eigenvalue weighted by molar-refractivity contribution is 6.02. The van der Waals surface area contributed by atoms with Gasteiger partial charge in [-0.1, -0.05) is 71.2 Å². The molecule has 1 saturated carbocycles. The molecule has 3 heterocycles. The normalized spacial score (nSPS) is 28.6. The first-order valence-corrected chi connectivity index (χ1v) is 16.4. The predicted molar refractivity (Wildman–Crippen MR) is 165 cm³/mol. The van der Waals surface area contributed by atoms with Gasteiger partial charge in [-0.3, -0.25) is 14.4 Å². The van der Waals surface area contributed by atoms with E-state index in [4.69, 9.17) is 4.74 Å². The molecule has 8 nitrogen and oxygen atoms in total. The number of benzene rings is 1. The van der Waals surface area contributed by atoms with Gasteiger partial charge >= 0.3 is 0 Å². The molecule has 3 fully saturated rings. The number of ether oxygens (including phenoxy) is 1. The van der Waals surface area contributed by atoms with Crippen molar-refractivity contribution in [2.45, 2.75) is 109 Å². The number of nitrogens with zero attached hydrogens (tertiary/aromatic N) is 2. The summed E-state index contributed by atoms with van der Waals surface area (Å²) in [7, 11) is 0. The molecule has 1 spiro atoms. The molecule has 0 unspecified atom stereocenters. The fourth-order valence-electron chi connectivity index (χ4n) is 7.64. The molecular formula is C34H50N4O4. The Morgan fingerprint density at radius 2 is 1.71 bits per heavy atom. The van der Waals surface area contributed by atoms with Gasteiger partial charge in [-0.15, -0.1) is 0 Å².